The highest BCUT2D eigenvalue weighted by Gasteiger charge is 2.24. The number of benzene rings is 1. The van der Waals surface area contributed by atoms with E-state index in [2.05, 4.69) is 54.0 Å². The second-order valence-electron chi connectivity index (χ2n) is 7.81. The van der Waals surface area contributed by atoms with Crippen LogP contribution in [-0.4, -0.2) is 41.6 Å². The Hall–Kier alpha value is -2.37. The van der Waals surface area contributed by atoms with Gasteiger partial charge < -0.3 is 10.2 Å². The predicted octanol–water partition coefficient (Wildman–Crippen LogP) is 3.26. The molecule has 0 aliphatic carbocycles. The normalized spacial score (nSPS) is 20.3. The summed E-state index contributed by atoms with van der Waals surface area (Å²) < 4.78 is 0. The smallest absolute Gasteiger partial charge is 0.240 e. The molecule has 2 aliphatic heterocycles. The van der Waals surface area contributed by atoms with Crippen LogP contribution < -0.4 is 10.7 Å². The van der Waals surface area contributed by atoms with Gasteiger partial charge in [0.25, 0.3) is 0 Å². The molecule has 0 spiro atoms. The van der Waals surface area contributed by atoms with Gasteiger partial charge in [-0.2, -0.15) is 5.10 Å². The Morgan fingerprint density at radius 2 is 2.07 bits per heavy atom. The molecule has 6 heteroatoms. The number of nitrogens with zero attached hydrogens (tertiary/aromatic N) is 2. The number of rotatable bonds is 6. The first-order valence-electron chi connectivity index (χ1n) is 10.00. The molecule has 0 radical (unpaired) electrons. The van der Waals surface area contributed by atoms with E-state index in [4.69, 9.17) is 0 Å². The Bertz CT molecular complexity index is 697. The first kappa shape index (κ1) is 19.4. The number of nitrogens with one attached hydrogen (secondary N) is 2. The Morgan fingerprint density at radius 1 is 1.30 bits per heavy atom. The van der Waals surface area contributed by atoms with Gasteiger partial charge in [-0.15, -0.1) is 0 Å². The van der Waals surface area contributed by atoms with Crippen molar-refractivity contribution in [3.8, 4) is 0 Å². The maximum absolute atomic E-state index is 12.6. The van der Waals surface area contributed by atoms with Crippen molar-refractivity contribution in [2.45, 2.75) is 64.3 Å². The summed E-state index contributed by atoms with van der Waals surface area (Å²) >= 11 is 0. The number of piperidine rings is 1. The fourth-order valence-electron chi connectivity index (χ4n) is 3.62. The molecule has 2 aliphatic rings. The van der Waals surface area contributed by atoms with Gasteiger partial charge in [0.15, 0.2) is 0 Å². The van der Waals surface area contributed by atoms with E-state index >= 15 is 0 Å². The third kappa shape index (κ3) is 5.55. The number of hydrogen-bond donors (Lipinski definition) is 2. The van der Waals surface area contributed by atoms with Crippen molar-refractivity contribution in [2.75, 3.05) is 18.4 Å². The Kier molecular flexibility index (Phi) is 6.48. The number of amides is 2. The molecule has 1 aromatic rings. The lowest BCUT2D eigenvalue weighted by atomic mass is 10.0. The average molecular weight is 370 g/mol. The Labute approximate surface area is 161 Å². The summed E-state index contributed by atoms with van der Waals surface area (Å²) in [6.07, 6.45) is 4.32. The summed E-state index contributed by atoms with van der Waals surface area (Å²) in [7, 11) is 0. The van der Waals surface area contributed by atoms with Crippen molar-refractivity contribution in [2.24, 2.45) is 5.10 Å². The zero-order valence-electron chi connectivity index (χ0n) is 16.3. The van der Waals surface area contributed by atoms with Gasteiger partial charge in [0, 0.05) is 43.4 Å². The highest BCUT2D eigenvalue weighted by atomic mass is 16.2. The molecule has 0 unspecified atom stereocenters. The quantitative estimate of drug-likeness (QED) is 0.807. The lowest BCUT2D eigenvalue weighted by Gasteiger charge is -2.34. The summed E-state index contributed by atoms with van der Waals surface area (Å²) in [6.45, 7) is 5.96. The van der Waals surface area contributed by atoms with Crippen molar-refractivity contribution < 1.29 is 9.59 Å². The SMILES string of the molecule is CC(C)c1ccc(N[C@@H]2CCCN(C(=O)CCC3=NNC(=O)CC3)C2)cc1. The van der Waals surface area contributed by atoms with E-state index in [1.54, 1.807) is 0 Å². The summed E-state index contributed by atoms with van der Waals surface area (Å²) in [5.74, 6) is 0.664. The molecule has 1 aromatic carbocycles. The van der Waals surface area contributed by atoms with Crippen LogP contribution in [0.2, 0.25) is 0 Å². The molecule has 146 valence electrons. The van der Waals surface area contributed by atoms with Gasteiger partial charge in [-0.05, 0) is 49.3 Å². The predicted molar refractivity (Wildman–Crippen MR) is 108 cm³/mol. The number of carbonyl (C=O) groups excluding carboxylic acids is 2. The van der Waals surface area contributed by atoms with Crippen molar-refractivity contribution >= 4 is 23.2 Å². The van der Waals surface area contributed by atoms with E-state index in [9.17, 15) is 9.59 Å². The lowest BCUT2D eigenvalue weighted by molar-refractivity contribution is -0.132. The number of carbonyl (C=O) groups is 2. The molecular formula is C21H30N4O2. The number of anilines is 1. The van der Waals surface area contributed by atoms with E-state index in [-0.39, 0.29) is 11.8 Å². The van der Waals surface area contributed by atoms with Crippen molar-refractivity contribution in [3.63, 3.8) is 0 Å². The number of hydrogen-bond acceptors (Lipinski definition) is 4. The summed E-state index contributed by atoms with van der Waals surface area (Å²) in [5.41, 5.74) is 5.86. The molecule has 0 saturated carbocycles. The van der Waals surface area contributed by atoms with Crippen LogP contribution in [-0.2, 0) is 9.59 Å². The van der Waals surface area contributed by atoms with E-state index in [1.807, 2.05) is 4.90 Å². The Balaban J connectivity index is 1.48. The Morgan fingerprint density at radius 3 is 2.74 bits per heavy atom. The van der Waals surface area contributed by atoms with Crippen LogP contribution in [0.4, 0.5) is 5.69 Å². The van der Waals surface area contributed by atoms with Crippen molar-refractivity contribution in [3.05, 3.63) is 29.8 Å². The van der Waals surface area contributed by atoms with Crippen LogP contribution in [0.25, 0.3) is 0 Å². The topological polar surface area (TPSA) is 73.8 Å². The molecule has 0 bridgehead atoms. The molecular weight excluding hydrogens is 340 g/mol. The van der Waals surface area contributed by atoms with E-state index in [0.717, 1.165) is 37.3 Å². The van der Waals surface area contributed by atoms with E-state index in [1.165, 1.54) is 5.56 Å². The van der Waals surface area contributed by atoms with Crippen LogP contribution in [0.5, 0.6) is 0 Å². The van der Waals surface area contributed by atoms with Crippen LogP contribution in [0.15, 0.2) is 29.4 Å². The third-order valence-corrected chi connectivity index (χ3v) is 5.33. The molecule has 2 N–H and O–H groups in total. The van der Waals surface area contributed by atoms with Gasteiger partial charge in [-0.3, -0.25) is 9.59 Å². The summed E-state index contributed by atoms with van der Waals surface area (Å²) in [6, 6.07) is 8.89. The van der Waals surface area contributed by atoms with Crippen molar-refractivity contribution in [1.29, 1.82) is 0 Å². The largest absolute Gasteiger partial charge is 0.381 e. The molecule has 1 atom stereocenters. The standard InChI is InChI=1S/C21H30N4O2/c1-15(2)16-5-7-17(8-6-16)22-19-4-3-13-25(14-19)21(27)12-10-18-9-11-20(26)24-23-18/h5-8,15,19,22H,3-4,9-14H2,1-2H3,(H,24,26)/t19-/m1/s1. The zero-order valence-corrected chi connectivity index (χ0v) is 16.3. The number of hydrazone groups is 1. The number of likely N-dealkylation sites (tertiary alicyclic amines) is 1. The maximum Gasteiger partial charge on any atom is 0.240 e. The van der Waals surface area contributed by atoms with Gasteiger partial charge in [0.1, 0.15) is 0 Å². The highest BCUT2D eigenvalue weighted by molar-refractivity contribution is 5.94. The van der Waals surface area contributed by atoms with Crippen LogP contribution >= 0.6 is 0 Å². The molecule has 27 heavy (non-hydrogen) atoms. The van der Waals surface area contributed by atoms with E-state index in [0.29, 0.717) is 37.6 Å². The van der Waals surface area contributed by atoms with Gasteiger partial charge in [-0.1, -0.05) is 26.0 Å². The minimum absolute atomic E-state index is 0.0450. The monoisotopic (exact) mass is 370 g/mol. The molecule has 6 nitrogen and oxygen atoms in total. The molecule has 1 fully saturated rings. The van der Waals surface area contributed by atoms with Crippen LogP contribution in [0.3, 0.4) is 0 Å². The minimum atomic E-state index is -0.0450. The van der Waals surface area contributed by atoms with E-state index < -0.39 is 0 Å². The minimum Gasteiger partial charge on any atom is -0.381 e. The van der Waals surface area contributed by atoms with Crippen LogP contribution in [0.1, 0.15) is 63.9 Å². The maximum atomic E-state index is 12.6. The highest BCUT2D eigenvalue weighted by Crippen LogP contribution is 2.20. The molecule has 2 amide bonds. The lowest BCUT2D eigenvalue weighted by Crippen LogP contribution is -2.45. The van der Waals surface area contributed by atoms with Gasteiger partial charge in [0.2, 0.25) is 11.8 Å². The molecule has 1 saturated heterocycles. The molecule has 3 rings (SSSR count). The van der Waals surface area contributed by atoms with Gasteiger partial charge in [0.05, 0.1) is 0 Å². The first-order chi connectivity index (χ1) is 13.0. The van der Waals surface area contributed by atoms with Gasteiger partial charge in [-0.25, -0.2) is 5.43 Å². The van der Waals surface area contributed by atoms with Crippen LogP contribution in [0, 0.1) is 0 Å². The summed E-state index contributed by atoms with van der Waals surface area (Å²) in [4.78, 5) is 25.7. The fraction of sp³-hybridized carbons (Fsp3) is 0.571. The first-order valence-corrected chi connectivity index (χ1v) is 10.00. The second-order valence-corrected chi connectivity index (χ2v) is 7.81. The zero-order chi connectivity index (χ0) is 19.2. The summed E-state index contributed by atoms with van der Waals surface area (Å²) in [5, 5.41) is 7.63. The van der Waals surface area contributed by atoms with Gasteiger partial charge >= 0.3 is 0 Å². The third-order valence-electron chi connectivity index (χ3n) is 5.33. The molecule has 2 heterocycles. The molecule has 0 aromatic heterocycles. The fourth-order valence-corrected chi connectivity index (χ4v) is 3.62. The average Bonchev–Trinajstić information content (AvgIpc) is 2.68. The van der Waals surface area contributed by atoms with Crippen molar-refractivity contribution in [1.82, 2.24) is 10.3 Å². The second kappa shape index (κ2) is 9.02.